The number of anilines is 1. The Kier molecular flexibility index (Phi) is 2.42. The predicted molar refractivity (Wildman–Crippen MR) is 68.3 cm³/mol. The van der Waals surface area contributed by atoms with E-state index in [9.17, 15) is 8.42 Å². The molecule has 0 atom stereocenters. The summed E-state index contributed by atoms with van der Waals surface area (Å²) in [4.78, 5) is 0.355. The number of rotatable bonds is 0. The van der Waals surface area contributed by atoms with Crippen LogP contribution in [-0.2, 0) is 9.84 Å². The van der Waals surface area contributed by atoms with E-state index in [4.69, 9.17) is 11.6 Å². The zero-order valence-corrected chi connectivity index (χ0v) is 10.9. The fourth-order valence-corrected chi connectivity index (χ4v) is 5.08. The van der Waals surface area contributed by atoms with Gasteiger partial charge in [0.05, 0.1) is 16.3 Å². The Labute approximate surface area is 106 Å². The number of hydrogen-bond donors (Lipinski definition) is 1. The lowest BCUT2D eigenvalue weighted by atomic mass is 9.70. The van der Waals surface area contributed by atoms with E-state index in [1.54, 1.807) is 18.2 Å². The molecule has 3 rings (SSSR count). The lowest BCUT2D eigenvalue weighted by molar-refractivity contribution is 0.184. The molecule has 1 heterocycles. The van der Waals surface area contributed by atoms with Crippen LogP contribution in [0.3, 0.4) is 0 Å². The fraction of sp³-hybridized carbons (Fsp3) is 0.500. The zero-order valence-electron chi connectivity index (χ0n) is 9.37. The summed E-state index contributed by atoms with van der Waals surface area (Å²) in [7, 11) is -3.22. The van der Waals surface area contributed by atoms with Crippen molar-refractivity contribution in [3.05, 3.63) is 23.2 Å². The number of halogens is 1. The lowest BCUT2D eigenvalue weighted by Crippen LogP contribution is -2.40. The van der Waals surface area contributed by atoms with E-state index in [0.29, 0.717) is 15.6 Å². The summed E-state index contributed by atoms with van der Waals surface area (Å²) in [6, 6.07) is 5.03. The Morgan fingerprint density at radius 1 is 1.29 bits per heavy atom. The van der Waals surface area contributed by atoms with Crippen molar-refractivity contribution in [1.29, 1.82) is 0 Å². The van der Waals surface area contributed by atoms with Crippen LogP contribution in [0.15, 0.2) is 23.1 Å². The molecule has 0 radical (unpaired) electrons. The van der Waals surface area contributed by atoms with Gasteiger partial charge in [-0.1, -0.05) is 18.0 Å². The Morgan fingerprint density at radius 3 is 2.71 bits per heavy atom. The van der Waals surface area contributed by atoms with Crippen molar-refractivity contribution in [1.82, 2.24) is 0 Å². The number of sulfone groups is 1. The molecule has 0 saturated heterocycles. The first kappa shape index (κ1) is 11.4. The highest BCUT2D eigenvalue weighted by atomic mass is 35.5. The molecule has 1 N–H and O–H groups in total. The van der Waals surface area contributed by atoms with Crippen molar-refractivity contribution in [3.8, 4) is 0 Å². The van der Waals surface area contributed by atoms with Crippen molar-refractivity contribution < 1.29 is 8.42 Å². The highest BCUT2D eigenvalue weighted by Crippen LogP contribution is 2.46. The molecule has 1 aliphatic heterocycles. The fourth-order valence-electron chi connectivity index (χ4n) is 2.71. The number of fused-ring (bicyclic) bond motifs is 1. The number of benzene rings is 1. The van der Waals surface area contributed by atoms with E-state index >= 15 is 0 Å². The van der Waals surface area contributed by atoms with Crippen LogP contribution in [0, 0.1) is 5.41 Å². The summed E-state index contributed by atoms with van der Waals surface area (Å²) in [5.41, 5.74) is 0.641. The molecule has 5 heteroatoms. The molecule has 1 fully saturated rings. The van der Waals surface area contributed by atoms with Crippen LogP contribution in [-0.4, -0.2) is 20.7 Å². The molecule has 3 nitrogen and oxygen atoms in total. The number of nitrogens with one attached hydrogen (secondary N) is 1. The maximum Gasteiger partial charge on any atom is 0.181 e. The quantitative estimate of drug-likeness (QED) is 0.789. The van der Waals surface area contributed by atoms with Crippen LogP contribution in [0.1, 0.15) is 19.3 Å². The molecule has 0 amide bonds. The lowest BCUT2D eigenvalue weighted by Gasteiger charge is -2.40. The van der Waals surface area contributed by atoms with Crippen LogP contribution in [0.5, 0.6) is 0 Å². The highest BCUT2D eigenvalue weighted by Gasteiger charge is 2.43. The summed E-state index contributed by atoms with van der Waals surface area (Å²) in [5, 5.41) is 3.73. The minimum Gasteiger partial charge on any atom is -0.383 e. The second-order valence-corrected chi connectivity index (χ2v) is 7.50. The standard InChI is InChI=1S/C12H14ClNO2S/c13-9-2-3-10-11(6-9)17(15,16)8-12(7-14-10)4-1-5-12/h2-3,6,14H,1,4-5,7-8H2. The van der Waals surface area contributed by atoms with Crippen LogP contribution in [0.4, 0.5) is 5.69 Å². The SMILES string of the molecule is O=S1(=O)CC2(CCC2)CNc2ccc(Cl)cc21. The van der Waals surface area contributed by atoms with Gasteiger partial charge in [0.15, 0.2) is 9.84 Å². The van der Waals surface area contributed by atoms with Gasteiger partial charge in [-0.15, -0.1) is 0 Å². The van der Waals surface area contributed by atoms with Gasteiger partial charge < -0.3 is 5.32 Å². The smallest absolute Gasteiger partial charge is 0.181 e. The van der Waals surface area contributed by atoms with Crippen LogP contribution < -0.4 is 5.32 Å². The van der Waals surface area contributed by atoms with Gasteiger partial charge in [-0.2, -0.15) is 0 Å². The van der Waals surface area contributed by atoms with Crippen molar-refractivity contribution in [2.24, 2.45) is 5.41 Å². The summed E-state index contributed by atoms with van der Waals surface area (Å²) >= 11 is 5.88. The Hall–Kier alpha value is -0.740. The van der Waals surface area contributed by atoms with Crippen LogP contribution >= 0.6 is 11.6 Å². The molecule has 1 aromatic carbocycles. The summed E-state index contributed by atoms with van der Waals surface area (Å²) in [5.74, 6) is 0.250. The molecular weight excluding hydrogens is 258 g/mol. The summed E-state index contributed by atoms with van der Waals surface area (Å²) < 4.78 is 24.7. The van der Waals surface area contributed by atoms with E-state index in [2.05, 4.69) is 5.32 Å². The van der Waals surface area contributed by atoms with Gasteiger partial charge in [-0.3, -0.25) is 0 Å². The van der Waals surface area contributed by atoms with Crippen molar-refractivity contribution in [2.75, 3.05) is 17.6 Å². The van der Waals surface area contributed by atoms with Gasteiger partial charge in [0.1, 0.15) is 0 Å². The van der Waals surface area contributed by atoms with Gasteiger partial charge in [-0.25, -0.2) is 8.42 Å². The molecular formula is C12H14ClNO2S. The van der Waals surface area contributed by atoms with Crippen LogP contribution in [0.2, 0.25) is 5.02 Å². The van der Waals surface area contributed by atoms with E-state index in [1.165, 1.54) is 0 Å². The van der Waals surface area contributed by atoms with E-state index in [-0.39, 0.29) is 11.2 Å². The second-order valence-electron chi connectivity index (χ2n) is 5.11. The largest absolute Gasteiger partial charge is 0.383 e. The molecule has 2 aliphatic rings. The third kappa shape index (κ3) is 1.83. The van der Waals surface area contributed by atoms with E-state index in [1.807, 2.05) is 0 Å². The van der Waals surface area contributed by atoms with Crippen molar-refractivity contribution in [2.45, 2.75) is 24.2 Å². The molecule has 1 spiro atoms. The minimum absolute atomic E-state index is 0.0513. The van der Waals surface area contributed by atoms with Gasteiger partial charge in [-0.05, 0) is 31.0 Å². The molecule has 1 aliphatic carbocycles. The van der Waals surface area contributed by atoms with Gasteiger partial charge in [0, 0.05) is 17.0 Å². The molecule has 1 saturated carbocycles. The third-order valence-corrected chi connectivity index (χ3v) is 6.08. The topological polar surface area (TPSA) is 46.2 Å². The minimum atomic E-state index is -3.22. The zero-order chi connectivity index (χ0) is 12.1. The molecule has 0 bridgehead atoms. The van der Waals surface area contributed by atoms with Gasteiger partial charge in [0.2, 0.25) is 0 Å². The van der Waals surface area contributed by atoms with E-state index < -0.39 is 9.84 Å². The maximum atomic E-state index is 12.4. The van der Waals surface area contributed by atoms with E-state index in [0.717, 1.165) is 25.8 Å². The van der Waals surface area contributed by atoms with Crippen LogP contribution in [0.25, 0.3) is 0 Å². The van der Waals surface area contributed by atoms with Crippen molar-refractivity contribution in [3.63, 3.8) is 0 Å². The third-order valence-electron chi connectivity index (χ3n) is 3.84. The molecule has 0 unspecified atom stereocenters. The maximum absolute atomic E-state index is 12.4. The first-order valence-corrected chi connectivity index (χ1v) is 7.80. The molecule has 1 aromatic rings. The Balaban J connectivity index is 2.10. The van der Waals surface area contributed by atoms with Gasteiger partial charge >= 0.3 is 0 Å². The Bertz CT molecular complexity index is 564. The predicted octanol–water partition coefficient (Wildman–Crippen LogP) is 2.71. The first-order chi connectivity index (χ1) is 8.01. The normalized spacial score (nSPS) is 24.3. The average Bonchev–Trinajstić information content (AvgIpc) is 2.33. The van der Waals surface area contributed by atoms with Gasteiger partial charge in [0.25, 0.3) is 0 Å². The Morgan fingerprint density at radius 2 is 2.06 bits per heavy atom. The van der Waals surface area contributed by atoms with Crippen molar-refractivity contribution >= 4 is 27.1 Å². The summed E-state index contributed by atoms with van der Waals surface area (Å²) in [6.07, 6.45) is 3.14. The molecule has 17 heavy (non-hydrogen) atoms. The second kappa shape index (κ2) is 3.62. The highest BCUT2D eigenvalue weighted by molar-refractivity contribution is 7.91. The summed E-state index contributed by atoms with van der Waals surface area (Å²) in [6.45, 7) is 0.751. The monoisotopic (exact) mass is 271 g/mol. The average molecular weight is 272 g/mol. The molecule has 0 aromatic heterocycles. The first-order valence-electron chi connectivity index (χ1n) is 5.77. The number of hydrogen-bond acceptors (Lipinski definition) is 3. The molecule has 92 valence electrons.